The number of unbranched alkanes of at least 4 members (excludes halogenated alkanes) is 1. The van der Waals surface area contributed by atoms with Crippen LogP contribution in [0.3, 0.4) is 0 Å². The maximum Gasteiger partial charge on any atom is 0.318 e. The Hall–Kier alpha value is -1.27. The predicted molar refractivity (Wildman–Crippen MR) is 89.1 cm³/mol. The van der Waals surface area contributed by atoms with Crippen molar-refractivity contribution < 1.29 is 14.3 Å². The van der Waals surface area contributed by atoms with Gasteiger partial charge >= 0.3 is 6.03 Å². The van der Waals surface area contributed by atoms with Crippen LogP contribution in [-0.4, -0.2) is 41.0 Å². The van der Waals surface area contributed by atoms with Gasteiger partial charge in [0, 0.05) is 29.8 Å². The van der Waals surface area contributed by atoms with E-state index in [2.05, 4.69) is 5.32 Å². The van der Waals surface area contributed by atoms with Crippen molar-refractivity contribution in [3.63, 3.8) is 0 Å². The number of aliphatic hydroxyl groups is 1. The molecule has 0 radical (unpaired) electrons. The molecule has 1 aliphatic carbocycles. The average Bonchev–Trinajstić information content (AvgIpc) is 3.37. The summed E-state index contributed by atoms with van der Waals surface area (Å²) in [4.78, 5) is 15.6. The first-order valence-electron chi connectivity index (χ1n) is 8.29. The number of thioether (sulfide) groups is 1. The highest BCUT2D eigenvalue weighted by molar-refractivity contribution is 7.99. The predicted octanol–water partition coefficient (Wildman–Crippen LogP) is 3.31. The molecule has 1 aliphatic heterocycles. The highest BCUT2D eigenvalue weighted by Gasteiger charge is 2.33. The molecular weight excluding hydrogens is 315 g/mol. The highest BCUT2D eigenvalue weighted by atomic mass is 32.2. The zero-order valence-corrected chi connectivity index (χ0v) is 13.9. The molecular formula is C17H23FN2O2S. The van der Waals surface area contributed by atoms with Crippen molar-refractivity contribution in [2.45, 2.75) is 49.1 Å². The number of benzene rings is 1. The van der Waals surface area contributed by atoms with Crippen LogP contribution in [0.5, 0.6) is 0 Å². The Bertz CT molecular complexity index is 566. The van der Waals surface area contributed by atoms with Gasteiger partial charge in [-0.05, 0) is 55.9 Å². The van der Waals surface area contributed by atoms with Crippen LogP contribution in [0.15, 0.2) is 23.1 Å². The number of nitrogens with zero attached hydrogens (tertiary/aromatic N) is 1. The molecule has 1 atom stereocenters. The molecule has 4 nitrogen and oxygen atoms in total. The lowest BCUT2D eigenvalue weighted by Crippen LogP contribution is -2.44. The normalized spacial score (nSPS) is 20.0. The summed E-state index contributed by atoms with van der Waals surface area (Å²) < 4.78 is 13.6. The van der Waals surface area contributed by atoms with Crippen LogP contribution in [0.25, 0.3) is 0 Å². The van der Waals surface area contributed by atoms with E-state index in [0.717, 1.165) is 41.9 Å². The zero-order valence-electron chi connectivity index (χ0n) is 13.1. The number of amides is 2. The van der Waals surface area contributed by atoms with Gasteiger partial charge in [0.1, 0.15) is 5.82 Å². The Balaban J connectivity index is 1.66. The fraction of sp³-hybridized carbons (Fsp3) is 0.588. The number of urea groups is 1. The largest absolute Gasteiger partial charge is 0.396 e. The minimum atomic E-state index is -0.257. The number of hydrogen-bond donors (Lipinski definition) is 2. The minimum Gasteiger partial charge on any atom is -0.396 e. The van der Waals surface area contributed by atoms with E-state index >= 15 is 0 Å². The number of halogens is 1. The molecule has 2 amide bonds. The standard InChI is InChI=1S/C17H23FN2O2S/c18-12-3-6-16-14(11-12)15(7-10-23-16)19-17(22)20(13-4-5-13)8-1-2-9-21/h3,6,11,13,15,21H,1-2,4-5,7-10H2,(H,19,22). The highest BCUT2D eigenvalue weighted by Crippen LogP contribution is 2.37. The van der Waals surface area contributed by atoms with Gasteiger partial charge in [-0.25, -0.2) is 9.18 Å². The summed E-state index contributed by atoms with van der Waals surface area (Å²) in [7, 11) is 0. The van der Waals surface area contributed by atoms with Crippen molar-refractivity contribution in [3.05, 3.63) is 29.6 Å². The molecule has 6 heteroatoms. The van der Waals surface area contributed by atoms with Gasteiger partial charge in [0.25, 0.3) is 0 Å². The van der Waals surface area contributed by atoms with Gasteiger partial charge in [0.15, 0.2) is 0 Å². The van der Waals surface area contributed by atoms with Crippen LogP contribution < -0.4 is 5.32 Å². The SMILES string of the molecule is O=C(NC1CCSc2ccc(F)cc21)N(CCCCO)C1CC1. The number of carbonyl (C=O) groups excluding carboxylic acids is 1. The topological polar surface area (TPSA) is 52.6 Å². The van der Waals surface area contributed by atoms with E-state index in [-0.39, 0.29) is 24.5 Å². The lowest BCUT2D eigenvalue weighted by molar-refractivity contribution is 0.186. The van der Waals surface area contributed by atoms with E-state index in [1.807, 2.05) is 4.90 Å². The summed E-state index contributed by atoms with van der Waals surface area (Å²) in [6.45, 7) is 0.834. The molecule has 0 spiro atoms. The Morgan fingerprint density at radius 3 is 2.91 bits per heavy atom. The van der Waals surface area contributed by atoms with Crippen molar-refractivity contribution in [3.8, 4) is 0 Å². The van der Waals surface area contributed by atoms with Crippen molar-refractivity contribution in [2.75, 3.05) is 18.9 Å². The summed E-state index contributed by atoms with van der Waals surface area (Å²) in [5.41, 5.74) is 0.890. The number of rotatable bonds is 6. The van der Waals surface area contributed by atoms with Gasteiger partial charge < -0.3 is 15.3 Å². The summed E-state index contributed by atoms with van der Waals surface area (Å²) in [6, 6.07) is 4.97. The smallest absolute Gasteiger partial charge is 0.318 e. The van der Waals surface area contributed by atoms with E-state index < -0.39 is 0 Å². The van der Waals surface area contributed by atoms with E-state index in [1.165, 1.54) is 6.07 Å². The molecule has 1 saturated carbocycles. The van der Waals surface area contributed by atoms with Crippen LogP contribution in [0, 0.1) is 5.82 Å². The second-order valence-corrected chi connectivity index (χ2v) is 7.31. The molecule has 1 aromatic carbocycles. The molecule has 1 heterocycles. The van der Waals surface area contributed by atoms with Crippen molar-refractivity contribution in [1.29, 1.82) is 0 Å². The second-order valence-electron chi connectivity index (χ2n) is 6.18. The number of aliphatic hydroxyl groups excluding tert-OH is 1. The maximum atomic E-state index is 13.6. The molecule has 2 N–H and O–H groups in total. The van der Waals surface area contributed by atoms with Gasteiger partial charge in [-0.3, -0.25) is 0 Å². The van der Waals surface area contributed by atoms with Crippen LogP contribution in [0.4, 0.5) is 9.18 Å². The van der Waals surface area contributed by atoms with Gasteiger partial charge in [0.2, 0.25) is 0 Å². The fourth-order valence-electron chi connectivity index (χ4n) is 2.98. The molecule has 1 fully saturated rings. The van der Waals surface area contributed by atoms with E-state index in [0.29, 0.717) is 19.0 Å². The summed E-state index contributed by atoms with van der Waals surface area (Å²) in [5.74, 6) is 0.671. The zero-order chi connectivity index (χ0) is 16.2. The summed E-state index contributed by atoms with van der Waals surface area (Å²) >= 11 is 1.71. The monoisotopic (exact) mass is 338 g/mol. The molecule has 2 aliphatic rings. The third-order valence-corrected chi connectivity index (χ3v) is 5.49. The van der Waals surface area contributed by atoms with Gasteiger partial charge in [0.05, 0.1) is 6.04 Å². The Kier molecular flexibility index (Phi) is 5.43. The average molecular weight is 338 g/mol. The Morgan fingerprint density at radius 1 is 1.35 bits per heavy atom. The van der Waals surface area contributed by atoms with Crippen molar-refractivity contribution in [2.24, 2.45) is 0 Å². The molecule has 0 bridgehead atoms. The number of carbonyl (C=O) groups is 1. The molecule has 0 aromatic heterocycles. The molecule has 126 valence electrons. The number of hydrogen-bond acceptors (Lipinski definition) is 3. The van der Waals surface area contributed by atoms with Crippen molar-refractivity contribution >= 4 is 17.8 Å². The molecule has 0 saturated heterocycles. The third-order valence-electron chi connectivity index (χ3n) is 4.36. The Labute approximate surface area is 140 Å². The maximum absolute atomic E-state index is 13.6. The first-order valence-corrected chi connectivity index (χ1v) is 9.28. The molecule has 1 aromatic rings. The minimum absolute atomic E-state index is 0.0578. The molecule has 23 heavy (non-hydrogen) atoms. The lowest BCUT2D eigenvalue weighted by Gasteiger charge is -2.30. The fourth-order valence-corrected chi connectivity index (χ4v) is 4.08. The first-order chi connectivity index (χ1) is 11.2. The van der Waals surface area contributed by atoms with E-state index in [9.17, 15) is 9.18 Å². The van der Waals surface area contributed by atoms with Gasteiger partial charge in [-0.15, -0.1) is 11.8 Å². The second kappa shape index (κ2) is 7.53. The molecule has 3 rings (SSSR count). The van der Waals surface area contributed by atoms with Crippen LogP contribution in [0.1, 0.15) is 43.7 Å². The van der Waals surface area contributed by atoms with Crippen LogP contribution in [0.2, 0.25) is 0 Å². The molecule has 1 unspecified atom stereocenters. The first kappa shape index (κ1) is 16.6. The van der Waals surface area contributed by atoms with E-state index in [1.54, 1.807) is 23.9 Å². The summed E-state index contributed by atoms with van der Waals surface area (Å²) in [5, 5.41) is 12.0. The number of nitrogens with one attached hydrogen (secondary N) is 1. The van der Waals surface area contributed by atoms with Crippen LogP contribution >= 0.6 is 11.8 Å². The third kappa shape index (κ3) is 4.18. The van der Waals surface area contributed by atoms with Crippen molar-refractivity contribution in [1.82, 2.24) is 10.2 Å². The van der Waals surface area contributed by atoms with Crippen LogP contribution in [-0.2, 0) is 0 Å². The van der Waals surface area contributed by atoms with Gasteiger partial charge in [-0.1, -0.05) is 0 Å². The van der Waals surface area contributed by atoms with E-state index in [4.69, 9.17) is 5.11 Å². The van der Waals surface area contributed by atoms with Gasteiger partial charge in [-0.2, -0.15) is 0 Å². The quantitative estimate of drug-likeness (QED) is 0.783. The lowest BCUT2D eigenvalue weighted by atomic mass is 10.0. The number of fused-ring (bicyclic) bond motifs is 1. The Morgan fingerprint density at radius 2 is 2.17 bits per heavy atom. The summed E-state index contributed by atoms with van der Waals surface area (Å²) in [6.07, 6.45) is 4.45.